The van der Waals surface area contributed by atoms with E-state index in [-0.39, 0.29) is 3.41 Å². The molecule has 0 bridgehead atoms. The standard InChI is InChI=1S/C13H18S3/c1-14-13(15-2,16-3)11-7-10-12-8-5-4-6-9-12/h4-10H,11H2,1-3H3/b10-7+. The Morgan fingerprint density at radius 3 is 2.06 bits per heavy atom. The van der Waals surface area contributed by atoms with Crippen molar-refractivity contribution >= 4 is 41.4 Å². The number of hydrogen-bond donors (Lipinski definition) is 0. The van der Waals surface area contributed by atoms with E-state index < -0.39 is 0 Å². The summed E-state index contributed by atoms with van der Waals surface area (Å²) in [6.45, 7) is 0. The van der Waals surface area contributed by atoms with Crippen LogP contribution in [0.5, 0.6) is 0 Å². The van der Waals surface area contributed by atoms with Gasteiger partial charge < -0.3 is 0 Å². The highest BCUT2D eigenvalue weighted by Crippen LogP contribution is 2.46. The number of hydrogen-bond acceptors (Lipinski definition) is 3. The second-order valence-electron chi connectivity index (χ2n) is 3.31. The Bertz CT molecular complexity index is 307. The SMILES string of the molecule is CSC(C/C=C/c1ccccc1)(SC)SC. The van der Waals surface area contributed by atoms with Crippen LogP contribution in [-0.2, 0) is 0 Å². The number of thioether (sulfide) groups is 3. The van der Waals surface area contributed by atoms with Crippen LogP contribution >= 0.6 is 35.3 Å². The molecule has 0 heterocycles. The van der Waals surface area contributed by atoms with Gasteiger partial charge in [-0.05, 0) is 30.8 Å². The minimum atomic E-state index is 0.269. The molecule has 0 radical (unpaired) electrons. The third-order valence-corrected chi connectivity index (χ3v) is 7.78. The summed E-state index contributed by atoms with van der Waals surface area (Å²) in [6, 6.07) is 10.5. The van der Waals surface area contributed by atoms with Crippen molar-refractivity contribution in [2.24, 2.45) is 0 Å². The first-order chi connectivity index (χ1) is 7.76. The molecule has 88 valence electrons. The van der Waals surface area contributed by atoms with Gasteiger partial charge in [-0.1, -0.05) is 42.5 Å². The van der Waals surface area contributed by atoms with Gasteiger partial charge >= 0.3 is 0 Å². The fraction of sp³-hybridized carbons (Fsp3) is 0.385. The van der Waals surface area contributed by atoms with E-state index in [1.165, 1.54) is 5.56 Å². The van der Waals surface area contributed by atoms with Gasteiger partial charge in [0, 0.05) is 0 Å². The predicted molar refractivity (Wildman–Crippen MR) is 83.4 cm³/mol. The van der Waals surface area contributed by atoms with Crippen LogP contribution in [-0.4, -0.2) is 22.2 Å². The maximum atomic E-state index is 2.28. The molecule has 0 aromatic heterocycles. The number of benzene rings is 1. The third-order valence-electron chi connectivity index (χ3n) is 2.41. The van der Waals surface area contributed by atoms with Crippen LogP contribution in [0.3, 0.4) is 0 Å². The van der Waals surface area contributed by atoms with E-state index in [1.54, 1.807) is 0 Å². The summed E-state index contributed by atoms with van der Waals surface area (Å²) in [4.78, 5) is 0. The molecule has 0 amide bonds. The molecule has 1 aromatic rings. The maximum absolute atomic E-state index is 2.28. The van der Waals surface area contributed by atoms with Gasteiger partial charge in [-0.3, -0.25) is 0 Å². The van der Waals surface area contributed by atoms with Gasteiger partial charge in [-0.15, -0.1) is 35.3 Å². The molecule has 0 aliphatic rings. The van der Waals surface area contributed by atoms with E-state index in [1.807, 2.05) is 41.4 Å². The Balaban J connectivity index is 2.59. The minimum absolute atomic E-state index is 0.269. The molecule has 1 aromatic carbocycles. The monoisotopic (exact) mass is 270 g/mol. The zero-order valence-electron chi connectivity index (χ0n) is 9.97. The van der Waals surface area contributed by atoms with Crippen molar-refractivity contribution in [2.75, 3.05) is 18.8 Å². The summed E-state index contributed by atoms with van der Waals surface area (Å²) in [5, 5.41) is 0. The van der Waals surface area contributed by atoms with Gasteiger partial charge in [0.25, 0.3) is 0 Å². The van der Waals surface area contributed by atoms with E-state index in [4.69, 9.17) is 0 Å². The van der Waals surface area contributed by atoms with Crippen LogP contribution in [0.1, 0.15) is 12.0 Å². The Morgan fingerprint density at radius 2 is 1.56 bits per heavy atom. The summed E-state index contributed by atoms with van der Waals surface area (Å²) >= 11 is 5.78. The average Bonchev–Trinajstić information content (AvgIpc) is 2.37. The highest BCUT2D eigenvalue weighted by Gasteiger charge is 2.24. The van der Waals surface area contributed by atoms with Gasteiger partial charge in [-0.25, -0.2) is 0 Å². The molecule has 0 saturated carbocycles. The van der Waals surface area contributed by atoms with Crippen LogP contribution < -0.4 is 0 Å². The summed E-state index contributed by atoms with van der Waals surface area (Å²) in [6.07, 6.45) is 12.1. The zero-order valence-corrected chi connectivity index (χ0v) is 12.4. The molecule has 0 N–H and O–H groups in total. The molecule has 3 heteroatoms. The first kappa shape index (κ1) is 14.1. The molecule has 16 heavy (non-hydrogen) atoms. The Labute approximate surface area is 112 Å². The van der Waals surface area contributed by atoms with Crippen LogP contribution in [0.4, 0.5) is 0 Å². The third kappa shape index (κ3) is 4.11. The number of allylic oxidation sites excluding steroid dienone is 1. The van der Waals surface area contributed by atoms with Crippen molar-refractivity contribution in [3.8, 4) is 0 Å². The second-order valence-corrected chi connectivity index (χ2v) is 7.40. The lowest BCUT2D eigenvalue weighted by atomic mass is 10.2. The molecule has 0 unspecified atom stereocenters. The van der Waals surface area contributed by atoms with Crippen LogP contribution in [0.2, 0.25) is 0 Å². The smallest absolute Gasteiger partial charge is 0.109 e. The quantitative estimate of drug-likeness (QED) is 0.679. The van der Waals surface area contributed by atoms with Gasteiger partial charge in [0.05, 0.1) is 0 Å². The van der Waals surface area contributed by atoms with Gasteiger partial charge in [0.1, 0.15) is 3.41 Å². The molecule has 0 spiro atoms. The normalized spacial score (nSPS) is 12.2. The lowest BCUT2D eigenvalue weighted by molar-refractivity contribution is 1.13. The lowest BCUT2D eigenvalue weighted by Crippen LogP contribution is -2.11. The molecule has 0 nitrogen and oxygen atoms in total. The largest absolute Gasteiger partial charge is 0.137 e. The summed E-state index contributed by atoms with van der Waals surface area (Å²) in [5.41, 5.74) is 1.28. The Hall–Kier alpha value is 0.01000. The topological polar surface area (TPSA) is 0 Å². The first-order valence-electron chi connectivity index (χ1n) is 5.13. The molecule has 0 atom stereocenters. The van der Waals surface area contributed by atoms with Crippen molar-refractivity contribution in [3.05, 3.63) is 42.0 Å². The summed E-state index contributed by atoms with van der Waals surface area (Å²) in [7, 11) is 0. The first-order valence-corrected chi connectivity index (χ1v) is 8.81. The van der Waals surface area contributed by atoms with Crippen molar-refractivity contribution in [1.29, 1.82) is 0 Å². The van der Waals surface area contributed by atoms with Gasteiger partial charge in [0.15, 0.2) is 0 Å². The fourth-order valence-electron chi connectivity index (χ4n) is 1.40. The second kappa shape index (κ2) is 7.36. The zero-order chi connectivity index (χ0) is 11.9. The van der Waals surface area contributed by atoms with Crippen LogP contribution in [0.25, 0.3) is 6.08 Å². The highest BCUT2D eigenvalue weighted by molar-refractivity contribution is 8.33. The summed E-state index contributed by atoms with van der Waals surface area (Å²) in [5.74, 6) is 0. The maximum Gasteiger partial charge on any atom is 0.109 e. The predicted octanol–water partition coefficient (Wildman–Crippen LogP) is 4.83. The minimum Gasteiger partial charge on any atom is -0.137 e. The lowest BCUT2D eigenvalue weighted by Gasteiger charge is -2.26. The molecular formula is C13H18S3. The molecule has 0 aliphatic heterocycles. The number of rotatable bonds is 6. The van der Waals surface area contributed by atoms with E-state index in [9.17, 15) is 0 Å². The van der Waals surface area contributed by atoms with E-state index >= 15 is 0 Å². The van der Waals surface area contributed by atoms with Crippen molar-refractivity contribution in [1.82, 2.24) is 0 Å². The van der Waals surface area contributed by atoms with E-state index in [0.717, 1.165) is 6.42 Å². The highest BCUT2D eigenvalue weighted by atomic mass is 32.3. The van der Waals surface area contributed by atoms with Crippen molar-refractivity contribution in [2.45, 2.75) is 9.83 Å². The van der Waals surface area contributed by atoms with Crippen LogP contribution in [0.15, 0.2) is 36.4 Å². The Kier molecular flexibility index (Phi) is 6.47. The van der Waals surface area contributed by atoms with Gasteiger partial charge in [-0.2, -0.15) is 0 Å². The fourth-order valence-corrected chi connectivity index (χ4v) is 4.19. The summed E-state index contributed by atoms with van der Waals surface area (Å²) < 4.78 is 0.269. The van der Waals surface area contributed by atoms with E-state index in [0.29, 0.717) is 0 Å². The average molecular weight is 270 g/mol. The molecule has 0 aliphatic carbocycles. The van der Waals surface area contributed by atoms with Crippen molar-refractivity contribution < 1.29 is 0 Å². The Morgan fingerprint density at radius 1 is 1.00 bits per heavy atom. The molecule has 1 rings (SSSR count). The van der Waals surface area contributed by atoms with Gasteiger partial charge in [0.2, 0.25) is 0 Å². The van der Waals surface area contributed by atoms with Crippen molar-refractivity contribution in [3.63, 3.8) is 0 Å². The molecule has 0 fully saturated rings. The molecular weight excluding hydrogens is 252 g/mol. The molecule has 0 saturated heterocycles. The van der Waals surface area contributed by atoms with E-state index in [2.05, 4.69) is 55.2 Å². The van der Waals surface area contributed by atoms with Crippen LogP contribution in [0, 0.1) is 0 Å².